The molecule has 2 amide bonds. The van der Waals surface area contributed by atoms with Gasteiger partial charge in [0.15, 0.2) is 5.78 Å². The fraction of sp³-hybridized carbons (Fsp3) is 0.591. The Morgan fingerprint density at radius 2 is 1.93 bits per heavy atom. The van der Waals surface area contributed by atoms with E-state index in [4.69, 9.17) is 4.74 Å². The molecule has 2 fully saturated rings. The number of ketones is 1. The van der Waals surface area contributed by atoms with Crippen LogP contribution in [0.4, 0.5) is 0 Å². The maximum atomic E-state index is 12.9. The number of aryl methyl sites for hydroxylation is 1. The van der Waals surface area contributed by atoms with Crippen LogP contribution in [0, 0.1) is 12.8 Å². The monoisotopic (exact) mass is 384 g/mol. The van der Waals surface area contributed by atoms with Crippen molar-refractivity contribution in [2.24, 2.45) is 5.92 Å². The summed E-state index contributed by atoms with van der Waals surface area (Å²) in [6, 6.07) is 5.86. The second-order valence-corrected chi connectivity index (χ2v) is 8.75. The Morgan fingerprint density at radius 3 is 2.57 bits per heavy atom. The predicted octanol–water partition coefficient (Wildman–Crippen LogP) is 2.58. The first-order chi connectivity index (χ1) is 13.3. The van der Waals surface area contributed by atoms with E-state index in [2.05, 4.69) is 0 Å². The lowest BCUT2D eigenvalue weighted by atomic mass is 9.82. The van der Waals surface area contributed by atoms with Crippen molar-refractivity contribution in [1.82, 2.24) is 9.80 Å². The molecule has 0 N–H and O–H groups in total. The molecule has 0 saturated carbocycles. The largest absolute Gasteiger partial charge is 0.486 e. The molecule has 3 aliphatic rings. The van der Waals surface area contributed by atoms with Crippen molar-refractivity contribution in [1.29, 1.82) is 0 Å². The number of hydrogen-bond acceptors (Lipinski definition) is 4. The Labute approximate surface area is 165 Å². The van der Waals surface area contributed by atoms with Gasteiger partial charge in [0.25, 0.3) is 0 Å². The van der Waals surface area contributed by atoms with Crippen LogP contribution in [0.2, 0.25) is 0 Å². The average molecular weight is 384 g/mol. The van der Waals surface area contributed by atoms with Crippen molar-refractivity contribution in [3.63, 3.8) is 0 Å². The molecule has 4 rings (SSSR count). The summed E-state index contributed by atoms with van der Waals surface area (Å²) in [7, 11) is 0. The van der Waals surface area contributed by atoms with E-state index in [1.807, 2.05) is 43.9 Å². The summed E-state index contributed by atoms with van der Waals surface area (Å²) < 4.78 is 6.28. The van der Waals surface area contributed by atoms with E-state index < -0.39 is 5.60 Å². The van der Waals surface area contributed by atoms with Gasteiger partial charge in [0.05, 0.1) is 17.9 Å². The molecule has 6 heteroatoms. The molecule has 150 valence electrons. The number of carbonyl (C=O) groups excluding carboxylic acids is 3. The molecule has 1 aromatic carbocycles. The van der Waals surface area contributed by atoms with Gasteiger partial charge in [0.2, 0.25) is 11.8 Å². The van der Waals surface area contributed by atoms with Gasteiger partial charge in [-0.15, -0.1) is 0 Å². The topological polar surface area (TPSA) is 66.9 Å². The molecule has 0 aromatic heterocycles. The smallest absolute Gasteiger partial charge is 0.227 e. The van der Waals surface area contributed by atoms with E-state index in [-0.39, 0.29) is 29.6 Å². The van der Waals surface area contributed by atoms with Crippen LogP contribution in [0.5, 0.6) is 5.75 Å². The molecule has 3 heterocycles. The minimum Gasteiger partial charge on any atom is -0.486 e. The van der Waals surface area contributed by atoms with Crippen LogP contribution >= 0.6 is 0 Å². The SMILES string of the molecule is Cc1ccc2c(c1)C(=O)CC1(CCN(C(=O)C3CC(=O)N(C(C)C)C3)CC1)O2. The minimum atomic E-state index is -0.508. The van der Waals surface area contributed by atoms with Gasteiger partial charge < -0.3 is 14.5 Å². The van der Waals surface area contributed by atoms with E-state index in [0.29, 0.717) is 56.6 Å². The molecule has 1 spiro atoms. The first-order valence-electron chi connectivity index (χ1n) is 10.2. The number of amides is 2. The molecular weight excluding hydrogens is 356 g/mol. The number of rotatable bonds is 2. The lowest BCUT2D eigenvalue weighted by molar-refractivity contribution is -0.139. The van der Waals surface area contributed by atoms with E-state index in [9.17, 15) is 14.4 Å². The van der Waals surface area contributed by atoms with Crippen LogP contribution in [0.15, 0.2) is 18.2 Å². The number of Topliss-reactive ketones (excluding diaryl/α,β-unsaturated/α-hetero) is 1. The number of hydrogen-bond donors (Lipinski definition) is 0. The number of piperidine rings is 1. The summed E-state index contributed by atoms with van der Waals surface area (Å²) in [6.07, 6.45) is 1.97. The van der Waals surface area contributed by atoms with Crippen LogP contribution < -0.4 is 4.74 Å². The Morgan fingerprint density at radius 1 is 1.21 bits per heavy atom. The van der Waals surface area contributed by atoms with E-state index >= 15 is 0 Å². The van der Waals surface area contributed by atoms with Crippen LogP contribution in [0.3, 0.4) is 0 Å². The summed E-state index contributed by atoms with van der Waals surface area (Å²) in [6.45, 7) is 7.58. The van der Waals surface area contributed by atoms with Crippen LogP contribution in [0.1, 0.15) is 55.5 Å². The van der Waals surface area contributed by atoms with Crippen molar-refractivity contribution >= 4 is 17.6 Å². The van der Waals surface area contributed by atoms with Crippen molar-refractivity contribution in [3.05, 3.63) is 29.3 Å². The van der Waals surface area contributed by atoms with Crippen molar-refractivity contribution in [2.75, 3.05) is 19.6 Å². The summed E-state index contributed by atoms with van der Waals surface area (Å²) in [5.74, 6) is 0.662. The van der Waals surface area contributed by atoms with Gasteiger partial charge in [-0.3, -0.25) is 14.4 Å². The minimum absolute atomic E-state index is 0.0597. The predicted molar refractivity (Wildman–Crippen MR) is 104 cm³/mol. The molecular formula is C22H28N2O4. The summed E-state index contributed by atoms with van der Waals surface area (Å²) in [4.78, 5) is 41.4. The molecule has 1 atom stereocenters. The van der Waals surface area contributed by atoms with Crippen LogP contribution in [-0.4, -0.2) is 58.7 Å². The third-order valence-electron chi connectivity index (χ3n) is 6.36. The van der Waals surface area contributed by atoms with Gasteiger partial charge in [0.1, 0.15) is 11.4 Å². The lowest BCUT2D eigenvalue weighted by Gasteiger charge is -2.44. The number of ether oxygens (including phenoxy) is 1. The molecule has 6 nitrogen and oxygen atoms in total. The molecule has 1 unspecified atom stereocenters. The van der Waals surface area contributed by atoms with Crippen molar-refractivity contribution in [2.45, 2.75) is 58.1 Å². The van der Waals surface area contributed by atoms with Gasteiger partial charge >= 0.3 is 0 Å². The Hall–Kier alpha value is -2.37. The third kappa shape index (κ3) is 3.29. The number of fused-ring (bicyclic) bond motifs is 1. The zero-order valence-corrected chi connectivity index (χ0v) is 16.9. The highest BCUT2D eigenvalue weighted by molar-refractivity contribution is 6.00. The Bertz CT molecular complexity index is 824. The maximum absolute atomic E-state index is 12.9. The van der Waals surface area contributed by atoms with Crippen molar-refractivity contribution < 1.29 is 19.1 Å². The van der Waals surface area contributed by atoms with Crippen LogP contribution in [0.25, 0.3) is 0 Å². The lowest BCUT2D eigenvalue weighted by Crippen LogP contribution is -2.53. The number of benzene rings is 1. The highest BCUT2D eigenvalue weighted by atomic mass is 16.5. The first kappa shape index (κ1) is 19.0. The second-order valence-electron chi connectivity index (χ2n) is 8.75. The number of nitrogens with zero attached hydrogens (tertiary/aromatic N) is 2. The second kappa shape index (κ2) is 6.90. The van der Waals surface area contributed by atoms with Crippen molar-refractivity contribution in [3.8, 4) is 5.75 Å². The normalized spacial score (nSPS) is 23.9. The van der Waals surface area contributed by atoms with Gasteiger partial charge in [-0.2, -0.15) is 0 Å². The third-order valence-corrected chi connectivity index (χ3v) is 6.36. The van der Waals surface area contributed by atoms with Gasteiger partial charge in [-0.25, -0.2) is 0 Å². The van der Waals surface area contributed by atoms with E-state index in [1.165, 1.54) is 0 Å². The fourth-order valence-corrected chi connectivity index (χ4v) is 4.68. The van der Waals surface area contributed by atoms with Gasteiger partial charge in [0, 0.05) is 44.9 Å². The molecule has 3 aliphatic heterocycles. The molecule has 0 bridgehead atoms. The Kier molecular flexibility index (Phi) is 4.68. The first-order valence-corrected chi connectivity index (χ1v) is 10.2. The molecule has 0 aliphatic carbocycles. The van der Waals surface area contributed by atoms with Crippen LogP contribution in [-0.2, 0) is 9.59 Å². The fourth-order valence-electron chi connectivity index (χ4n) is 4.68. The number of likely N-dealkylation sites (tertiary alicyclic amines) is 2. The zero-order chi connectivity index (χ0) is 20.1. The number of carbonyl (C=O) groups is 3. The Balaban J connectivity index is 1.41. The molecule has 28 heavy (non-hydrogen) atoms. The molecule has 1 aromatic rings. The van der Waals surface area contributed by atoms with E-state index in [1.54, 1.807) is 4.90 Å². The zero-order valence-electron chi connectivity index (χ0n) is 16.9. The standard InChI is InChI=1S/C22H28N2O4/c1-14(2)24-13-16(11-20(24)26)21(27)23-8-6-22(7-9-23)12-18(25)17-10-15(3)4-5-19(17)28-22/h4-5,10,14,16H,6-9,11-13H2,1-3H3. The summed E-state index contributed by atoms with van der Waals surface area (Å²) in [5.41, 5.74) is 1.21. The van der Waals surface area contributed by atoms with E-state index in [0.717, 1.165) is 5.56 Å². The van der Waals surface area contributed by atoms with Gasteiger partial charge in [-0.1, -0.05) is 11.6 Å². The average Bonchev–Trinajstić information content (AvgIpc) is 3.05. The molecule has 0 radical (unpaired) electrons. The maximum Gasteiger partial charge on any atom is 0.227 e. The molecule has 2 saturated heterocycles. The summed E-state index contributed by atoms with van der Waals surface area (Å²) >= 11 is 0. The van der Waals surface area contributed by atoms with Gasteiger partial charge in [-0.05, 0) is 32.9 Å². The summed E-state index contributed by atoms with van der Waals surface area (Å²) in [5, 5.41) is 0. The highest BCUT2D eigenvalue weighted by Gasteiger charge is 2.45. The highest BCUT2D eigenvalue weighted by Crippen LogP contribution is 2.40. The quantitative estimate of drug-likeness (QED) is 0.786.